The first-order valence-corrected chi connectivity index (χ1v) is 7.65. The van der Waals surface area contributed by atoms with Gasteiger partial charge in [0.05, 0.1) is 17.1 Å². The van der Waals surface area contributed by atoms with Crippen LogP contribution in [0.4, 0.5) is 24.5 Å². The quantitative estimate of drug-likeness (QED) is 0.832. The number of para-hydroxylation sites is 1. The Balaban J connectivity index is 2.10. The van der Waals surface area contributed by atoms with Crippen LogP contribution in [0.15, 0.2) is 48.5 Å². The summed E-state index contributed by atoms with van der Waals surface area (Å²) in [7, 11) is 0. The fourth-order valence-electron chi connectivity index (χ4n) is 2.22. The number of anilines is 2. The normalized spacial score (nSPS) is 11.2. The summed E-state index contributed by atoms with van der Waals surface area (Å²) >= 11 is 5.56. The lowest BCUT2D eigenvalue weighted by molar-refractivity contribution is -0.137. The van der Waals surface area contributed by atoms with Gasteiger partial charge in [-0.3, -0.25) is 4.79 Å². The Kier molecular flexibility index (Phi) is 5.72. The van der Waals surface area contributed by atoms with Crippen molar-refractivity contribution >= 4 is 28.9 Å². The number of amides is 1. The largest absolute Gasteiger partial charge is 0.417 e. The molecule has 0 heterocycles. The minimum Gasteiger partial charge on any atom is -0.362 e. The van der Waals surface area contributed by atoms with Gasteiger partial charge in [-0.25, -0.2) is 0 Å². The molecule has 0 atom stereocenters. The third-order valence-electron chi connectivity index (χ3n) is 3.39. The fourth-order valence-corrected chi connectivity index (χ4v) is 2.44. The lowest BCUT2D eigenvalue weighted by Gasteiger charge is -2.22. The van der Waals surface area contributed by atoms with Crippen LogP contribution < -0.4 is 10.2 Å². The molecule has 2 rings (SSSR count). The lowest BCUT2D eigenvalue weighted by atomic mass is 10.2. The van der Waals surface area contributed by atoms with Gasteiger partial charge in [-0.05, 0) is 37.3 Å². The molecule has 0 bridgehead atoms. The van der Waals surface area contributed by atoms with Crippen LogP contribution in [0.3, 0.4) is 0 Å². The topological polar surface area (TPSA) is 32.3 Å². The number of nitrogens with zero attached hydrogens (tertiary/aromatic N) is 1. The maximum atomic E-state index is 12.8. The van der Waals surface area contributed by atoms with E-state index in [0.717, 1.165) is 17.8 Å². The van der Waals surface area contributed by atoms with E-state index in [2.05, 4.69) is 5.32 Å². The highest BCUT2D eigenvalue weighted by atomic mass is 35.5. The molecule has 1 N–H and O–H groups in total. The third kappa shape index (κ3) is 4.64. The number of hydrogen-bond acceptors (Lipinski definition) is 2. The summed E-state index contributed by atoms with van der Waals surface area (Å²) in [4.78, 5) is 13.9. The molecular formula is C17H16ClF3N2O. The Morgan fingerprint density at radius 1 is 1.17 bits per heavy atom. The molecule has 24 heavy (non-hydrogen) atoms. The van der Waals surface area contributed by atoms with Crippen LogP contribution in [0.1, 0.15) is 12.5 Å². The molecule has 0 spiro atoms. The average Bonchev–Trinajstić information content (AvgIpc) is 2.54. The number of hydrogen-bond donors (Lipinski definition) is 1. The molecule has 0 aliphatic heterocycles. The highest BCUT2D eigenvalue weighted by molar-refractivity contribution is 6.31. The van der Waals surface area contributed by atoms with Gasteiger partial charge in [0, 0.05) is 17.9 Å². The number of nitrogens with one attached hydrogen (secondary N) is 1. The standard InChI is InChI=1S/C17H16ClF3N2O/c1-2-23(13-6-4-3-5-7-13)11-16(24)22-12-8-9-15(18)14(10-12)17(19,20)21/h3-10H,2,11H2,1H3,(H,22,24). The molecule has 2 aromatic rings. The van der Waals surface area contributed by atoms with Gasteiger partial charge < -0.3 is 10.2 Å². The number of benzene rings is 2. The van der Waals surface area contributed by atoms with Crippen molar-refractivity contribution in [3.8, 4) is 0 Å². The Labute approximate surface area is 143 Å². The first kappa shape index (κ1) is 18.1. The maximum absolute atomic E-state index is 12.8. The minimum atomic E-state index is -4.57. The van der Waals surface area contributed by atoms with Crippen LogP contribution in [-0.4, -0.2) is 19.0 Å². The van der Waals surface area contributed by atoms with Crippen LogP contribution in [0.2, 0.25) is 5.02 Å². The number of likely N-dealkylation sites (N-methyl/N-ethyl adjacent to an activating group) is 1. The Morgan fingerprint density at radius 3 is 2.42 bits per heavy atom. The van der Waals surface area contributed by atoms with Crippen molar-refractivity contribution in [1.82, 2.24) is 0 Å². The maximum Gasteiger partial charge on any atom is 0.417 e. The number of halogens is 4. The molecule has 0 fully saturated rings. The predicted molar refractivity (Wildman–Crippen MR) is 89.4 cm³/mol. The highest BCUT2D eigenvalue weighted by Crippen LogP contribution is 2.36. The van der Waals surface area contributed by atoms with Crippen molar-refractivity contribution in [3.63, 3.8) is 0 Å². The zero-order valence-corrected chi connectivity index (χ0v) is 13.7. The molecular weight excluding hydrogens is 341 g/mol. The monoisotopic (exact) mass is 356 g/mol. The Morgan fingerprint density at radius 2 is 1.83 bits per heavy atom. The molecule has 3 nitrogen and oxygen atoms in total. The summed E-state index contributed by atoms with van der Waals surface area (Å²) in [5.74, 6) is -0.406. The third-order valence-corrected chi connectivity index (χ3v) is 3.72. The SMILES string of the molecule is CCN(CC(=O)Nc1ccc(Cl)c(C(F)(F)F)c1)c1ccccc1. The Hall–Kier alpha value is -2.21. The zero-order chi connectivity index (χ0) is 17.7. The van der Waals surface area contributed by atoms with Crippen molar-refractivity contribution in [2.24, 2.45) is 0 Å². The molecule has 0 aliphatic carbocycles. The van der Waals surface area contributed by atoms with Gasteiger partial charge in [0.1, 0.15) is 0 Å². The second kappa shape index (κ2) is 7.57. The highest BCUT2D eigenvalue weighted by Gasteiger charge is 2.33. The van der Waals surface area contributed by atoms with E-state index in [1.807, 2.05) is 42.2 Å². The summed E-state index contributed by atoms with van der Waals surface area (Å²) < 4.78 is 38.5. The molecule has 0 aliphatic rings. The molecule has 128 valence electrons. The van der Waals surface area contributed by atoms with Crippen molar-refractivity contribution in [2.45, 2.75) is 13.1 Å². The van der Waals surface area contributed by atoms with Crippen molar-refractivity contribution in [2.75, 3.05) is 23.3 Å². The van der Waals surface area contributed by atoms with E-state index in [4.69, 9.17) is 11.6 Å². The molecule has 7 heteroatoms. The van der Waals surface area contributed by atoms with E-state index in [9.17, 15) is 18.0 Å². The first-order chi connectivity index (χ1) is 11.3. The lowest BCUT2D eigenvalue weighted by Crippen LogP contribution is -2.33. The van der Waals surface area contributed by atoms with Crippen molar-refractivity contribution in [1.29, 1.82) is 0 Å². The van der Waals surface area contributed by atoms with Gasteiger partial charge in [0.2, 0.25) is 5.91 Å². The molecule has 0 saturated carbocycles. The van der Waals surface area contributed by atoms with Gasteiger partial charge in [-0.15, -0.1) is 0 Å². The smallest absolute Gasteiger partial charge is 0.362 e. The molecule has 0 radical (unpaired) electrons. The second-order valence-electron chi connectivity index (χ2n) is 5.09. The van der Waals surface area contributed by atoms with Crippen molar-refractivity contribution in [3.05, 3.63) is 59.1 Å². The summed E-state index contributed by atoms with van der Waals surface area (Å²) in [5, 5.41) is 2.07. The average molecular weight is 357 g/mol. The van der Waals surface area contributed by atoms with E-state index in [1.165, 1.54) is 6.07 Å². The predicted octanol–water partition coefficient (Wildman–Crippen LogP) is 4.82. The molecule has 2 aromatic carbocycles. The van der Waals surface area contributed by atoms with Crippen molar-refractivity contribution < 1.29 is 18.0 Å². The summed E-state index contributed by atoms with van der Waals surface area (Å²) in [5.41, 5.74) is -0.0551. The molecule has 0 unspecified atom stereocenters. The number of rotatable bonds is 5. The van der Waals surface area contributed by atoms with Crippen LogP contribution in [0.5, 0.6) is 0 Å². The molecule has 0 aromatic heterocycles. The van der Waals surface area contributed by atoms with E-state index in [1.54, 1.807) is 0 Å². The van der Waals surface area contributed by atoms with E-state index in [-0.39, 0.29) is 12.2 Å². The molecule has 1 amide bonds. The summed E-state index contributed by atoms with van der Waals surface area (Å²) in [6.07, 6.45) is -4.57. The van der Waals surface area contributed by atoms with Gasteiger partial charge in [-0.1, -0.05) is 29.8 Å². The van der Waals surface area contributed by atoms with E-state index >= 15 is 0 Å². The van der Waals surface area contributed by atoms with Gasteiger partial charge in [0.15, 0.2) is 0 Å². The zero-order valence-electron chi connectivity index (χ0n) is 12.9. The summed E-state index contributed by atoms with van der Waals surface area (Å²) in [6, 6.07) is 12.6. The molecule has 0 saturated heterocycles. The van der Waals surface area contributed by atoms with E-state index in [0.29, 0.717) is 6.54 Å². The number of carbonyl (C=O) groups is 1. The number of alkyl halides is 3. The first-order valence-electron chi connectivity index (χ1n) is 7.28. The van der Waals surface area contributed by atoms with Gasteiger partial charge in [-0.2, -0.15) is 13.2 Å². The van der Waals surface area contributed by atoms with Gasteiger partial charge in [0.25, 0.3) is 0 Å². The van der Waals surface area contributed by atoms with Crippen LogP contribution in [-0.2, 0) is 11.0 Å². The number of carbonyl (C=O) groups excluding carboxylic acids is 1. The minimum absolute atomic E-state index is 0.0322. The van der Waals surface area contributed by atoms with Crippen LogP contribution >= 0.6 is 11.6 Å². The Bertz CT molecular complexity index is 705. The van der Waals surface area contributed by atoms with Crippen LogP contribution in [0.25, 0.3) is 0 Å². The second-order valence-corrected chi connectivity index (χ2v) is 5.50. The van der Waals surface area contributed by atoms with E-state index < -0.39 is 22.7 Å². The summed E-state index contributed by atoms with van der Waals surface area (Å²) in [6.45, 7) is 2.51. The fraction of sp³-hybridized carbons (Fsp3) is 0.235. The van der Waals surface area contributed by atoms with Gasteiger partial charge >= 0.3 is 6.18 Å². The van der Waals surface area contributed by atoms with Crippen LogP contribution in [0, 0.1) is 0 Å².